The number of carbonyl (C=O) groups is 1. The molecule has 0 unspecified atom stereocenters. The molecule has 3 aromatic rings. The van der Waals surface area contributed by atoms with E-state index in [9.17, 15) is 4.79 Å². The molecule has 0 aliphatic carbocycles. The van der Waals surface area contributed by atoms with Crippen molar-refractivity contribution in [2.75, 3.05) is 13.3 Å². The van der Waals surface area contributed by atoms with Gasteiger partial charge in [0.2, 0.25) is 0 Å². The Hall–Kier alpha value is -2.18. The average Bonchev–Trinajstić information content (AvgIpc) is 3.12. The average molecular weight is 399 g/mol. The summed E-state index contributed by atoms with van der Waals surface area (Å²) in [4.78, 5) is 16.9. The molecule has 1 heterocycles. The lowest BCUT2D eigenvalue weighted by atomic mass is 10.1. The first-order chi connectivity index (χ1) is 13.1. The molecule has 2 aromatic carbocycles. The Morgan fingerprint density at radius 3 is 2.56 bits per heavy atom. The maximum absolute atomic E-state index is 13.0. The zero-order chi connectivity index (χ0) is 19.2. The first-order valence-electron chi connectivity index (χ1n) is 8.59. The smallest absolute Gasteiger partial charge is 0.255 e. The van der Waals surface area contributed by atoms with Crippen LogP contribution in [-0.4, -0.2) is 29.3 Å². The molecule has 0 fully saturated rings. The van der Waals surface area contributed by atoms with Crippen LogP contribution in [0, 0.1) is 6.92 Å². The van der Waals surface area contributed by atoms with E-state index < -0.39 is 0 Å². The van der Waals surface area contributed by atoms with E-state index in [0.717, 1.165) is 21.9 Å². The van der Waals surface area contributed by atoms with Gasteiger partial charge in [0.1, 0.15) is 5.76 Å². The Kier molecular flexibility index (Phi) is 6.63. The molecule has 1 amide bonds. The van der Waals surface area contributed by atoms with Gasteiger partial charge >= 0.3 is 0 Å². The number of amides is 1. The third-order valence-corrected chi connectivity index (χ3v) is 5.93. The van der Waals surface area contributed by atoms with E-state index >= 15 is 0 Å². The fourth-order valence-corrected chi connectivity index (χ4v) is 4.01. The highest BCUT2D eigenvalue weighted by atomic mass is 32.2. The standard InChI is InChI=1S/C21H22N2O2S2/c1-15-12-17(25-22-15)14-27-20-7-5-4-6-19(20)21(24)23(2)13-16-8-10-18(26-3)11-9-16/h4-12H,13-14H2,1-3H3. The molecular formula is C21H22N2O2S2. The van der Waals surface area contributed by atoms with Gasteiger partial charge in [-0.3, -0.25) is 4.79 Å². The lowest BCUT2D eigenvalue weighted by molar-refractivity contribution is 0.0781. The molecule has 6 heteroatoms. The van der Waals surface area contributed by atoms with Gasteiger partial charge in [-0.05, 0) is 43.0 Å². The Balaban J connectivity index is 1.69. The van der Waals surface area contributed by atoms with E-state index in [2.05, 4.69) is 35.7 Å². The van der Waals surface area contributed by atoms with Crippen LogP contribution in [0.5, 0.6) is 0 Å². The van der Waals surface area contributed by atoms with Crippen molar-refractivity contribution >= 4 is 29.4 Å². The molecule has 0 aliphatic heterocycles. The van der Waals surface area contributed by atoms with E-state index in [1.807, 2.05) is 44.3 Å². The van der Waals surface area contributed by atoms with Gasteiger partial charge in [0.15, 0.2) is 0 Å². The molecule has 0 bridgehead atoms. The van der Waals surface area contributed by atoms with Crippen molar-refractivity contribution in [1.82, 2.24) is 10.1 Å². The molecule has 0 saturated heterocycles. The Bertz CT molecular complexity index is 907. The maximum Gasteiger partial charge on any atom is 0.255 e. The number of hydrogen-bond acceptors (Lipinski definition) is 5. The molecule has 0 spiro atoms. The topological polar surface area (TPSA) is 46.3 Å². The number of aromatic nitrogens is 1. The third kappa shape index (κ3) is 5.17. The summed E-state index contributed by atoms with van der Waals surface area (Å²) >= 11 is 3.30. The molecule has 1 aromatic heterocycles. The molecule has 4 nitrogen and oxygen atoms in total. The van der Waals surface area contributed by atoms with Gasteiger partial charge < -0.3 is 9.42 Å². The molecular weight excluding hydrogens is 376 g/mol. The summed E-state index contributed by atoms with van der Waals surface area (Å²) in [7, 11) is 1.84. The van der Waals surface area contributed by atoms with E-state index in [-0.39, 0.29) is 5.91 Å². The molecule has 27 heavy (non-hydrogen) atoms. The van der Waals surface area contributed by atoms with Crippen LogP contribution in [0.15, 0.2) is 68.9 Å². The van der Waals surface area contributed by atoms with Crippen LogP contribution < -0.4 is 0 Å². The highest BCUT2D eigenvalue weighted by molar-refractivity contribution is 7.98. The number of thioether (sulfide) groups is 2. The van der Waals surface area contributed by atoms with Gasteiger partial charge in [-0.25, -0.2) is 0 Å². The van der Waals surface area contributed by atoms with Gasteiger partial charge in [0.05, 0.1) is 17.0 Å². The zero-order valence-electron chi connectivity index (χ0n) is 15.6. The SMILES string of the molecule is CSc1ccc(CN(C)C(=O)c2ccccc2SCc2cc(C)no2)cc1. The number of rotatable bonds is 7. The number of hydrogen-bond donors (Lipinski definition) is 0. The molecule has 0 atom stereocenters. The van der Waals surface area contributed by atoms with E-state index in [1.54, 1.807) is 28.4 Å². The largest absolute Gasteiger partial charge is 0.360 e. The lowest BCUT2D eigenvalue weighted by Gasteiger charge is -2.19. The monoisotopic (exact) mass is 398 g/mol. The minimum atomic E-state index is 0.0146. The molecule has 0 saturated carbocycles. The fraction of sp³-hybridized carbons (Fsp3) is 0.238. The van der Waals surface area contributed by atoms with E-state index in [1.165, 1.54) is 4.90 Å². The third-order valence-electron chi connectivity index (χ3n) is 4.09. The molecule has 0 radical (unpaired) electrons. The zero-order valence-corrected chi connectivity index (χ0v) is 17.3. The second kappa shape index (κ2) is 9.15. The number of benzene rings is 2. The molecule has 0 N–H and O–H groups in total. The van der Waals surface area contributed by atoms with Gasteiger partial charge in [-0.1, -0.05) is 29.4 Å². The second-order valence-corrected chi connectivity index (χ2v) is 8.13. The Labute approximate surface area is 168 Å². The second-order valence-electron chi connectivity index (χ2n) is 6.23. The normalized spacial score (nSPS) is 10.8. The summed E-state index contributed by atoms with van der Waals surface area (Å²) in [5.41, 5.74) is 2.69. The van der Waals surface area contributed by atoms with Crippen LogP contribution in [0.3, 0.4) is 0 Å². The van der Waals surface area contributed by atoms with E-state index in [4.69, 9.17) is 4.52 Å². The van der Waals surface area contributed by atoms with Crippen molar-refractivity contribution in [2.45, 2.75) is 29.0 Å². The summed E-state index contributed by atoms with van der Waals surface area (Å²) in [6.07, 6.45) is 2.05. The van der Waals surface area contributed by atoms with Crippen molar-refractivity contribution in [1.29, 1.82) is 0 Å². The number of aryl methyl sites for hydroxylation is 1. The van der Waals surface area contributed by atoms with Gasteiger partial charge in [-0.2, -0.15) is 0 Å². The predicted molar refractivity (Wildman–Crippen MR) is 111 cm³/mol. The number of nitrogens with zero attached hydrogens (tertiary/aromatic N) is 2. The van der Waals surface area contributed by atoms with Crippen LogP contribution in [0.25, 0.3) is 0 Å². The first kappa shape index (κ1) is 19.6. The van der Waals surface area contributed by atoms with Crippen LogP contribution >= 0.6 is 23.5 Å². The minimum absolute atomic E-state index is 0.0146. The maximum atomic E-state index is 13.0. The summed E-state index contributed by atoms with van der Waals surface area (Å²) in [5, 5.41) is 3.91. The predicted octanol–water partition coefficient (Wildman–Crippen LogP) is 5.27. The van der Waals surface area contributed by atoms with Crippen molar-refractivity contribution in [3.05, 3.63) is 77.2 Å². The lowest BCUT2D eigenvalue weighted by Crippen LogP contribution is -2.26. The Morgan fingerprint density at radius 2 is 1.89 bits per heavy atom. The molecule has 3 rings (SSSR count). The van der Waals surface area contributed by atoms with Crippen LogP contribution in [-0.2, 0) is 12.3 Å². The highest BCUT2D eigenvalue weighted by Crippen LogP contribution is 2.27. The first-order valence-corrected chi connectivity index (χ1v) is 10.8. The summed E-state index contributed by atoms with van der Waals surface area (Å²) < 4.78 is 5.26. The minimum Gasteiger partial charge on any atom is -0.360 e. The Morgan fingerprint density at radius 1 is 1.15 bits per heavy atom. The van der Waals surface area contributed by atoms with Crippen molar-refractivity contribution in [3.63, 3.8) is 0 Å². The van der Waals surface area contributed by atoms with Gasteiger partial charge in [0, 0.05) is 29.4 Å². The summed E-state index contributed by atoms with van der Waals surface area (Å²) in [6, 6.07) is 17.9. The number of carbonyl (C=O) groups excluding carboxylic acids is 1. The van der Waals surface area contributed by atoms with Gasteiger partial charge in [-0.15, -0.1) is 23.5 Å². The quantitative estimate of drug-likeness (QED) is 0.507. The summed E-state index contributed by atoms with van der Waals surface area (Å²) in [6.45, 7) is 2.48. The van der Waals surface area contributed by atoms with Crippen molar-refractivity contribution in [2.24, 2.45) is 0 Å². The molecule has 0 aliphatic rings. The fourth-order valence-electron chi connectivity index (χ4n) is 2.68. The van der Waals surface area contributed by atoms with Gasteiger partial charge in [0.25, 0.3) is 5.91 Å². The molecule has 140 valence electrons. The van der Waals surface area contributed by atoms with Crippen molar-refractivity contribution in [3.8, 4) is 0 Å². The summed E-state index contributed by atoms with van der Waals surface area (Å²) in [5.74, 6) is 1.47. The highest BCUT2D eigenvalue weighted by Gasteiger charge is 2.16. The van der Waals surface area contributed by atoms with Crippen molar-refractivity contribution < 1.29 is 9.32 Å². The van der Waals surface area contributed by atoms with Crippen LogP contribution in [0.1, 0.15) is 27.4 Å². The van der Waals surface area contributed by atoms with E-state index in [0.29, 0.717) is 17.9 Å². The van der Waals surface area contributed by atoms with Crippen LogP contribution in [0.2, 0.25) is 0 Å². The van der Waals surface area contributed by atoms with Crippen LogP contribution in [0.4, 0.5) is 0 Å².